The van der Waals surface area contributed by atoms with Crippen molar-refractivity contribution in [1.82, 2.24) is 4.90 Å². The summed E-state index contributed by atoms with van der Waals surface area (Å²) >= 11 is 0. The minimum atomic E-state index is -3.86. The third-order valence-electron chi connectivity index (χ3n) is 4.87. The molecule has 0 unspecified atom stereocenters. The van der Waals surface area contributed by atoms with Gasteiger partial charge in [0.05, 0.1) is 49.1 Å². The quantitative estimate of drug-likeness (QED) is 0.674. The minimum absolute atomic E-state index is 0.0375. The highest BCUT2D eigenvalue weighted by atomic mass is 32.2. The predicted octanol–water partition coefficient (Wildman–Crippen LogP) is -0.0247. The van der Waals surface area contributed by atoms with Crippen LogP contribution >= 0.6 is 0 Å². The van der Waals surface area contributed by atoms with Crippen molar-refractivity contribution in [2.45, 2.75) is 16.2 Å². The number of morpholine rings is 1. The van der Waals surface area contributed by atoms with E-state index in [4.69, 9.17) is 14.2 Å². The Hall–Kier alpha value is -1.36. The van der Waals surface area contributed by atoms with Crippen molar-refractivity contribution >= 4 is 19.7 Å². The van der Waals surface area contributed by atoms with Gasteiger partial charge in [-0.15, -0.1) is 0 Å². The average Bonchev–Trinajstić information content (AvgIpc) is 2.98. The molecule has 2 heterocycles. The second-order valence-electron chi connectivity index (χ2n) is 6.39. The molecule has 2 aliphatic heterocycles. The standard InChI is InChI=1S/C16H23NO7S2/c1-22-14-4-3-12(9-15(14)23-2)26(20,21)16-11-25(18,19)10-13(16)17-5-7-24-8-6-17/h3-4,9,13,16H,5-8,10-11H2,1-2H3/t13-,16-/m0/s1. The summed E-state index contributed by atoms with van der Waals surface area (Å²) in [5.41, 5.74) is 0. The Morgan fingerprint density at radius 1 is 1.08 bits per heavy atom. The van der Waals surface area contributed by atoms with Crippen LogP contribution in [0.4, 0.5) is 0 Å². The van der Waals surface area contributed by atoms with Gasteiger partial charge in [-0.2, -0.15) is 0 Å². The van der Waals surface area contributed by atoms with Crippen molar-refractivity contribution in [3.63, 3.8) is 0 Å². The summed E-state index contributed by atoms with van der Waals surface area (Å²) in [5, 5.41) is -1.01. The number of nitrogens with zero attached hydrogens (tertiary/aromatic N) is 1. The number of methoxy groups -OCH3 is 2. The zero-order valence-corrected chi connectivity index (χ0v) is 16.4. The lowest BCUT2D eigenvalue weighted by Crippen LogP contribution is -2.50. The van der Waals surface area contributed by atoms with E-state index in [1.807, 2.05) is 4.90 Å². The molecule has 2 aliphatic rings. The second kappa shape index (κ2) is 7.34. The van der Waals surface area contributed by atoms with Crippen molar-refractivity contribution in [2.24, 2.45) is 0 Å². The molecule has 0 amide bonds. The molecular formula is C16H23NO7S2. The Bertz CT molecular complexity index is 861. The molecule has 2 atom stereocenters. The van der Waals surface area contributed by atoms with E-state index in [0.29, 0.717) is 32.1 Å². The molecule has 0 N–H and O–H groups in total. The molecule has 0 saturated carbocycles. The van der Waals surface area contributed by atoms with Crippen LogP contribution in [0.3, 0.4) is 0 Å². The van der Waals surface area contributed by atoms with Crippen LogP contribution in [0.5, 0.6) is 11.5 Å². The number of hydrogen-bond donors (Lipinski definition) is 0. The Morgan fingerprint density at radius 3 is 2.35 bits per heavy atom. The SMILES string of the molecule is COc1ccc(S(=O)(=O)[C@H]2CS(=O)(=O)C[C@@H]2N2CCOCC2)cc1OC. The van der Waals surface area contributed by atoms with Crippen LogP contribution in [0.15, 0.2) is 23.1 Å². The van der Waals surface area contributed by atoms with E-state index < -0.39 is 31.0 Å². The first-order chi connectivity index (χ1) is 12.3. The van der Waals surface area contributed by atoms with Gasteiger partial charge in [-0.3, -0.25) is 4.90 Å². The van der Waals surface area contributed by atoms with Crippen LogP contribution in [0.2, 0.25) is 0 Å². The van der Waals surface area contributed by atoms with Crippen LogP contribution in [0, 0.1) is 0 Å². The van der Waals surface area contributed by atoms with E-state index in [2.05, 4.69) is 0 Å². The Balaban J connectivity index is 1.98. The van der Waals surface area contributed by atoms with Gasteiger partial charge in [0.25, 0.3) is 0 Å². The molecule has 8 nitrogen and oxygen atoms in total. The monoisotopic (exact) mass is 405 g/mol. The Kier molecular flexibility index (Phi) is 5.48. The van der Waals surface area contributed by atoms with E-state index in [-0.39, 0.29) is 22.2 Å². The number of rotatable bonds is 5. The van der Waals surface area contributed by atoms with Crippen molar-refractivity contribution in [3.05, 3.63) is 18.2 Å². The van der Waals surface area contributed by atoms with E-state index in [1.165, 1.54) is 32.4 Å². The van der Waals surface area contributed by atoms with E-state index in [9.17, 15) is 16.8 Å². The summed E-state index contributed by atoms with van der Waals surface area (Å²) in [7, 11) is -4.41. The summed E-state index contributed by atoms with van der Waals surface area (Å²) in [6, 6.07) is 3.76. The molecule has 10 heteroatoms. The second-order valence-corrected chi connectivity index (χ2v) is 10.7. The fourth-order valence-electron chi connectivity index (χ4n) is 3.51. The lowest BCUT2D eigenvalue weighted by Gasteiger charge is -2.34. The molecule has 0 aliphatic carbocycles. The lowest BCUT2D eigenvalue weighted by atomic mass is 10.2. The molecule has 2 saturated heterocycles. The topological polar surface area (TPSA) is 99.2 Å². The van der Waals surface area contributed by atoms with Gasteiger partial charge >= 0.3 is 0 Å². The maximum atomic E-state index is 13.2. The van der Waals surface area contributed by atoms with Crippen LogP contribution in [0.25, 0.3) is 0 Å². The molecule has 1 aromatic rings. The van der Waals surface area contributed by atoms with E-state index in [1.54, 1.807) is 0 Å². The first kappa shape index (κ1) is 19.4. The van der Waals surface area contributed by atoms with Crippen molar-refractivity contribution < 1.29 is 31.0 Å². The highest BCUT2D eigenvalue weighted by Crippen LogP contribution is 2.34. The predicted molar refractivity (Wildman–Crippen MR) is 95.4 cm³/mol. The molecule has 3 rings (SSSR count). The fraction of sp³-hybridized carbons (Fsp3) is 0.625. The van der Waals surface area contributed by atoms with Crippen molar-refractivity contribution in [1.29, 1.82) is 0 Å². The average molecular weight is 405 g/mol. The number of ether oxygens (including phenoxy) is 3. The van der Waals surface area contributed by atoms with Crippen LogP contribution < -0.4 is 9.47 Å². The Labute approximate surface area is 153 Å². The first-order valence-electron chi connectivity index (χ1n) is 8.26. The maximum Gasteiger partial charge on any atom is 0.183 e. The van der Waals surface area contributed by atoms with Gasteiger partial charge in [0.15, 0.2) is 31.2 Å². The third kappa shape index (κ3) is 3.68. The molecule has 146 valence electrons. The zero-order chi connectivity index (χ0) is 18.9. The van der Waals surface area contributed by atoms with Gasteiger partial charge < -0.3 is 14.2 Å². The summed E-state index contributed by atoms with van der Waals surface area (Å²) in [6.07, 6.45) is 0. The molecule has 0 spiro atoms. The minimum Gasteiger partial charge on any atom is -0.493 e. The molecular weight excluding hydrogens is 382 g/mol. The summed E-state index contributed by atoms with van der Waals surface area (Å²) in [6.45, 7) is 2.00. The summed E-state index contributed by atoms with van der Waals surface area (Å²) in [4.78, 5) is 1.95. The Morgan fingerprint density at radius 2 is 1.73 bits per heavy atom. The number of benzene rings is 1. The van der Waals surface area contributed by atoms with Gasteiger partial charge in [-0.05, 0) is 12.1 Å². The summed E-state index contributed by atoms with van der Waals surface area (Å²) in [5.74, 6) is 0.183. The van der Waals surface area contributed by atoms with Gasteiger partial charge in [0.1, 0.15) is 0 Å². The molecule has 26 heavy (non-hydrogen) atoms. The molecule has 0 bridgehead atoms. The van der Waals surface area contributed by atoms with E-state index >= 15 is 0 Å². The van der Waals surface area contributed by atoms with Crippen molar-refractivity contribution in [3.8, 4) is 11.5 Å². The van der Waals surface area contributed by atoms with Crippen LogP contribution in [-0.4, -0.2) is 85.1 Å². The molecule has 2 fully saturated rings. The van der Waals surface area contributed by atoms with Gasteiger partial charge in [0, 0.05) is 25.2 Å². The van der Waals surface area contributed by atoms with Gasteiger partial charge in [-0.25, -0.2) is 16.8 Å². The normalized spacial score (nSPS) is 26.5. The van der Waals surface area contributed by atoms with E-state index in [0.717, 1.165) is 0 Å². The van der Waals surface area contributed by atoms with Gasteiger partial charge in [0.2, 0.25) is 0 Å². The third-order valence-corrected chi connectivity index (χ3v) is 8.99. The van der Waals surface area contributed by atoms with Crippen LogP contribution in [0.1, 0.15) is 0 Å². The van der Waals surface area contributed by atoms with Crippen LogP contribution in [-0.2, 0) is 24.4 Å². The molecule has 1 aromatic carbocycles. The number of sulfone groups is 2. The molecule has 0 aromatic heterocycles. The van der Waals surface area contributed by atoms with Crippen molar-refractivity contribution in [2.75, 3.05) is 52.0 Å². The first-order valence-corrected chi connectivity index (χ1v) is 11.6. The highest BCUT2D eigenvalue weighted by molar-refractivity contribution is 7.96. The number of hydrogen-bond acceptors (Lipinski definition) is 8. The summed E-state index contributed by atoms with van der Waals surface area (Å²) < 4.78 is 66.5. The zero-order valence-electron chi connectivity index (χ0n) is 14.8. The molecule has 0 radical (unpaired) electrons. The largest absolute Gasteiger partial charge is 0.493 e. The maximum absolute atomic E-state index is 13.2. The smallest absolute Gasteiger partial charge is 0.183 e. The fourth-order valence-corrected chi connectivity index (χ4v) is 8.35. The highest BCUT2D eigenvalue weighted by Gasteiger charge is 2.48. The van der Waals surface area contributed by atoms with Gasteiger partial charge in [-0.1, -0.05) is 0 Å². The lowest BCUT2D eigenvalue weighted by molar-refractivity contribution is 0.0222.